The average Bonchev–Trinajstić information content (AvgIpc) is 3.00. The van der Waals surface area contributed by atoms with E-state index < -0.39 is 5.91 Å². The first kappa shape index (κ1) is 17.6. The minimum Gasteiger partial charge on any atom is -0.366 e. The Morgan fingerprint density at radius 3 is 2.60 bits per heavy atom. The fraction of sp³-hybridized carbons (Fsp3) is 0.368. The van der Waals surface area contributed by atoms with Gasteiger partial charge in [-0.3, -0.25) is 14.5 Å². The van der Waals surface area contributed by atoms with Crippen molar-refractivity contribution in [3.05, 3.63) is 52.9 Å². The van der Waals surface area contributed by atoms with Crippen LogP contribution >= 0.6 is 11.3 Å². The maximum absolute atomic E-state index is 12.5. The van der Waals surface area contributed by atoms with E-state index in [0.29, 0.717) is 23.0 Å². The van der Waals surface area contributed by atoms with Crippen LogP contribution in [0.3, 0.4) is 0 Å². The number of thiophene rings is 1. The molecule has 25 heavy (non-hydrogen) atoms. The summed E-state index contributed by atoms with van der Waals surface area (Å²) in [6.07, 6.45) is 3.76. The highest BCUT2D eigenvalue weighted by Gasteiger charge is 2.22. The molecular formula is C19H23N3O2S. The van der Waals surface area contributed by atoms with E-state index in [4.69, 9.17) is 5.73 Å². The first-order chi connectivity index (χ1) is 12.1. The Hall–Kier alpha value is -2.18. The molecule has 1 aliphatic carbocycles. The molecule has 132 valence electrons. The second-order valence-corrected chi connectivity index (χ2v) is 7.44. The quantitative estimate of drug-likeness (QED) is 0.762. The van der Waals surface area contributed by atoms with Crippen molar-refractivity contribution in [2.45, 2.75) is 25.8 Å². The van der Waals surface area contributed by atoms with Gasteiger partial charge in [-0.1, -0.05) is 36.8 Å². The Balaban J connectivity index is 1.62. The van der Waals surface area contributed by atoms with Crippen molar-refractivity contribution in [2.75, 3.05) is 18.4 Å². The van der Waals surface area contributed by atoms with Crippen LogP contribution in [0.25, 0.3) is 0 Å². The maximum atomic E-state index is 12.5. The minimum atomic E-state index is -0.521. The second kappa shape index (κ2) is 8.27. The first-order valence-electron chi connectivity index (χ1n) is 8.55. The lowest BCUT2D eigenvalue weighted by molar-refractivity contribution is -0.117. The van der Waals surface area contributed by atoms with Gasteiger partial charge in [0.2, 0.25) is 5.91 Å². The molecule has 0 spiro atoms. The van der Waals surface area contributed by atoms with E-state index >= 15 is 0 Å². The third kappa shape index (κ3) is 4.90. The van der Waals surface area contributed by atoms with Crippen LogP contribution in [-0.2, 0) is 11.3 Å². The zero-order valence-electron chi connectivity index (χ0n) is 14.1. The van der Waals surface area contributed by atoms with Crippen LogP contribution in [0.4, 0.5) is 5.00 Å². The van der Waals surface area contributed by atoms with Gasteiger partial charge in [-0.25, -0.2) is 0 Å². The zero-order valence-corrected chi connectivity index (χ0v) is 14.9. The Morgan fingerprint density at radius 1 is 1.20 bits per heavy atom. The Labute approximate surface area is 151 Å². The summed E-state index contributed by atoms with van der Waals surface area (Å²) in [5.74, 6) is 0.0480. The van der Waals surface area contributed by atoms with Gasteiger partial charge in [0, 0.05) is 13.1 Å². The number of nitrogens with two attached hydrogens (primary N) is 1. The fourth-order valence-corrected chi connectivity index (χ4v) is 3.85. The van der Waals surface area contributed by atoms with Crippen molar-refractivity contribution in [2.24, 2.45) is 11.7 Å². The van der Waals surface area contributed by atoms with Crippen LogP contribution in [0.15, 0.2) is 41.8 Å². The molecule has 1 fully saturated rings. The maximum Gasteiger partial charge on any atom is 0.251 e. The number of hydrogen-bond donors (Lipinski definition) is 2. The van der Waals surface area contributed by atoms with Gasteiger partial charge in [-0.15, -0.1) is 11.3 Å². The molecule has 3 rings (SSSR count). The molecular weight excluding hydrogens is 334 g/mol. The van der Waals surface area contributed by atoms with Crippen LogP contribution in [0.5, 0.6) is 0 Å². The molecule has 2 amide bonds. The molecule has 3 N–H and O–H groups in total. The Kier molecular flexibility index (Phi) is 5.83. The minimum absolute atomic E-state index is 0.111. The molecule has 1 heterocycles. The van der Waals surface area contributed by atoms with E-state index in [1.165, 1.54) is 36.2 Å². The molecule has 0 radical (unpaired) electrons. The van der Waals surface area contributed by atoms with Gasteiger partial charge in [0.05, 0.1) is 12.1 Å². The van der Waals surface area contributed by atoms with Crippen LogP contribution in [0.1, 0.15) is 35.2 Å². The molecule has 5 nitrogen and oxygen atoms in total. The smallest absolute Gasteiger partial charge is 0.251 e. The van der Waals surface area contributed by atoms with E-state index in [1.807, 2.05) is 18.2 Å². The van der Waals surface area contributed by atoms with E-state index in [0.717, 1.165) is 13.1 Å². The molecule has 6 heteroatoms. The monoisotopic (exact) mass is 357 g/mol. The van der Waals surface area contributed by atoms with Crippen molar-refractivity contribution < 1.29 is 9.59 Å². The van der Waals surface area contributed by atoms with Crippen molar-refractivity contribution in [1.82, 2.24) is 4.90 Å². The number of amides is 2. The summed E-state index contributed by atoms with van der Waals surface area (Å²) in [6, 6.07) is 11.8. The zero-order chi connectivity index (χ0) is 17.6. The van der Waals surface area contributed by atoms with E-state index in [-0.39, 0.29) is 5.91 Å². The molecule has 1 aromatic carbocycles. The van der Waals surface area contributed by atoms with Gasteiger partial charge < -0.3 is 11.1 Å². The predicted molar refractivity (Wildman–Crippen MR) is 101 cm³/mol. The number of primary amides is 1. The van der Waals surface area contributed by atoms with Crippen molar-refractivity contribution in [3.8, 4) is 0 Å². The number of carbonyl (C=O) groups is 2. The third-order valence-electron chi connectivity index (χ3n) is 4.54. The SMILES string of the molecule is NC(=O)c1ccsc1NC(=O)CN(Cc1ccccc1)CC1CCC1. The number of anilines is 1. The third-order valence-corrected chi connectivity index (χ3v) is 5.37. The Morgan fingerprint density at radius 2 is 1.96 bits per heavy atom. The van der Waals surface area contributed by atoms with Crippen LogP contribution in [0.2, 0.25) is 0 Å². The summed E-state index contributed by atoms with van der Waals surface area (Å²) in [7, 11) is 0. The second-order valence-electron chi connectivity index (χ2n) is 6.53. The molecule has 0 atom stereocenters. The summed E-state index contributed by atoms with van der Waals surface area (Å²) in [5, 5.41) is 5.12. The number of benzene rings is 1. The van der Waals surface area contributed by atoms with Crippen LogP contribution in [-0.4, -0.2) is 29.8 Å². The number of carbonyl (C=O) groups excluding carboxylic acids is 2. The first-order valence-corrected chi connectivity index (χ1v) is 9.43. The number of hydrogen-bond acceptors (Lipinski definition) is 4. The lowest BCUT2D eigenvalue weighted by Gasteiger charge is -2.32. The number of rotatable bonds is 8. The highest BCUT2D eigenvalue weighted by molar-refractivity contribution is 7.14. The van der Waals surface area contributed by atoms with E-state index in [9.17, 15) is 9.59 Å². The predicted octanol–water partition coefficient (Wildman–Crippen LogP) is 3.09. The molecule has 0 bridgehead atoms. The molecule has 1 saturated carbocycles. The highest BCUT2D eigenvalue weighted by Crippen LogP contribution is 2.28. The topological polar surface area (TPSA) is 75.4 Å². The van der Waals surface area contributed by atoms with Gasteiger partial charge in [0.15, 0.2) is 0 Å². The summed E-state index contributed by atoms with van der Waals surface area (Å²) in [5.41, 5.74) is 6.90. The van der Waals surface area contributed by atoms with Crippen molar-refractivity contribution in [3.63, 3.8) is 0 Å². The average molecular weight is 357 g/mol. The van der Waals surface area contributed by atoms with Crippen molar-refractivity contribution in [1.29, 1.82) is 0 Å². The van der Waals surface area contributed by atoms with Crippen LogP contribution in [0, 0.1) is 5.92 Å². The number of nitrogens with one attached hydrogen (secondary N) is 1. The lowest BCUT2D eigenvalue weighted by Crippen LogP contribution is -2.38. The standard InChI is InChI=1S/C19H23N3O2S/c20-18(24)16-9-10-25-19(16)21-17(23)13-22(12-15-7-4-8-15)11-14-5-2-1-3-6-14/h1-3,5-6,9-10,15H,4,7-8,11-13H2,(H2,20,24)(H,21,23). The van der Waals surface area contributed by atoms with Crippen molar-refractivity contribution >= 4 is 28.2 Å². The van der Waals surface area contributed by atoms with E-state index in [1.54, 1.807) is 11.4 Å². The van der Waals surface area contributed by atoms with Gasteiger partial charge in [0.1, 0.15) is 5.00 Å². The molecule has 2 aromatic rings. The summed E-state index contributed by atoms with van der Waals surface area (Å²) in [6.45, 7) is 1.98. The number of nitrogens with zero attached hydrogens (tertiary/aromatic N) is 1. The summed E-state index contributed by atoms with van der Waals surface area (Å²) >= 11 is 1.32. The molecule has 1 aromatic heterocycles. The largest absolute Gasteiger partial charge is 0.366 e. The normalized spacial score (nSPS) is 14.3. The van der Waals surface area contributed by atoms with Gasteiger partial charge in [0.25, 0.3) is 5.91 Å². The molecule has 1 aliphatic rings. The Bertz CT molecular complexity index is 725. The van der Waals surface area contributed by atoms with Crippen LogP contribution < -0.4 is 11.1 Å². The lowest BCUT2D eigenvalue weighted by atomic mass is 9.85. The molecule has 0 saturated heterocycles. The molecule has 0 aliphatic heterocycles. The highest BCUT2D eigenvalue weighted by atomic mass is 32.1. The molecule has 0 unspecified atom stereocenters. The summed E-state index contributed by atoms with van der Waals surface area (Å²) in [4.78, 5) is 26.0. The van der Waals surface area contributed by atoms with Gasteiger partial charge in [-0.2, -0.15) is 0 Å². The van der Waals surface area contributed by atoms with Gasteiger partial charge >= 0.3 is 0 Å². The summed E-state index contributed by atoms with van der Waals surface area (Å²) < 4.78 is 0. The van der Waals surface area contributed by atoms with Gasteiger partial charge in [-0.05, 0) is 35.8 Å². The fourth-order valence-electron chi connectivity index (χ4n) is 3.04. The van der Waals surface area contributed by atoms with E-state index in [2.05, 4.69) is 22.3 Å².